The Morgan fingerprint density at radius 3 is 1.68 bits per heavy atom. The number of benzene rings is 2. The van der Waals surface area contributed by atoms with Crippen LogP contribution in [0.15, 0.2) is 131 Å². The SMILES string of the molecule is C=C(C)C1=C(C(=C)C)CCC=C1.CC.CCC.CCC.[B]CC1=C(c2ccc(C)cc2)CC(C(Cc2c(C)cccc2C)C(=C)C)=C1C(=C)C. The zero-order valence-corrected chi connectivity index (χ0v) is 34.6. The van der Waals surface area contributed by atoms with Gasteiger partial charge in [0.05, 0.1) is 7.85 Å². The maximum atomic E-state index is 6.30. The van der Waals surface area contributed by atoms with Crippen molar-refractivity contribution < 1.29 is 0 Å². The molecule has 2 aliphatic rings. The maximum absolute atomic E-state index is 6.30. The van der Waals surface area contributed by atoms with E-state index in [4.69, 9.17) is 7.85 Å². The van der Waals surface area contributed by atoms with E-state index in [-0.39, 0.29) is 5.92 Å². The van der Waals surface area contributed by atoms with Gasteiger partial charge in [0.15, 0.2) is 0 Å². The van der Waals surface area contributed by atoms with Crippen molar-refractivity contribution in [3.8, 4) is 0 Å². The smallest absolute Gasteiger partial charge is 0.0717 e. The standard InChI is InChI=1S/C29H33B.C12H16.2C3H8.C2H6/c1-18(2)24(15-25-21(6)9-8-10-22(25)7)27-16-26(23-13-11-20(5)12-14-23)28(17-30)29(27)19(3)4;1-9(2)11-7-5-6-8-12(11)10(3)4;2*1-3-2;1-2/h8-14,24H,1,3,15-17H2,2,4-7H3;5,7H,1,3,6,8H2,2,4H3;2*3H2,1-2H3;1-2H3. The number of aryl methyl sites for hydroxylation is 3. The normalized spacial score (nSPS) is 13.8. The summed E-state index contributed by atoms with van der Waals surface area (Å²) in [5.74, 6) is 0.279. The lowest BCUT2D eigenvalue weighted by molar-refractivity contribution is 0.689. The van der Waals surface area contributed by atoms with Crippen LogP contribution in [0.25, 0.3) is 5.57 Å². The Kier molecular flexibility index (Phi) is 22.8. The van der Waals surface area contributed by atoms with Crippen LogP contribution in [0.1, 0.15) is 129 Å². The van der Waals surface area contributed by atoms with Crippen LogP contribution < -0.4 is 0 Å². The van der Waals surface area contributed by atoms with Crippen molar-refractivity contribution in [1.29, 1.82) is 0 Å². The molecule has 0 bridgehead atoms. The minimum absolute atomic E-state index is 0.279. The van der Waals surface area contributed by atoms with Crippen molar-refractivity contribution in [2.45, 2.75) is 135 Å². The second-order valence-corrected chi connectivity index (χ2v) is 13.7. The molecule has 2 aromatic rings. The lowest BCUT2D eigenvalue weighted by Gasteiger charge is -2.24. The second-order valence-electron chi connectivity index (χ2n) is 13.7. The minimum atomic E-state index is 0.279. The molecule has 2 aromatic carbocycles. The number of allylic oxidation sites excluding steroid dienone is 12. The van der Waals surface area contributed by atoms with Gasteiger partial charge in [0, 0.05) is 5.92 Å². The molecule has 0 spiro atoms. The van der Waals surface area contributed by atoms with Gasteiger partial charge in [-0.1, -0.05) is 175 Å². The average Bonchev–Trinajstić information content (AvgIpc) is 3.46. The third kappa shape index (κ3) is 14.0. The van der Waals surface area contributed by atoms with Crippen LogP contribution in [0.4, 0.5) is 0 Å². The fraction of sp³-hybridized carbons (Fsp3) is 0.429. The van der Waals surface area contributed by atoms with Gasteiger partial charge < -0.3 is 0 Å². The molecular weight excluding hydrogens is 599 g/mol. The lowest BCUT2D eigenvalue weighted by Crippen LogP contribution is -2.12. The van der Waals surface area contributed by atoms with Crippen molar-refractivity contribution in [3.05, 3.63) is 159 Å². The molecule has 0 fully saturated rings. The highest BCUT2D eigenvalue weighted by atomic mass is 14.3. The van der Waals surface area contributed by atoms with Gasteiger partial charge in [0.25, 0.3) is 0 Å². The molecule has 4 rings (SSSR count). The van der Waals surface area contributed by atoms with Gasteiger partial charge in [0.1, 0.15) is 0 Å². The average molecular weight is 671 g/mol. The van der Waals surface area contributed by atoms with E-state index in [0.29, 0.717) is 6.32 Å². The molecule has 0 amide bonds. The molecule has 1 heteroatoms. The first-order valence-electron chi connectivity index (χ1n) is 19.0. The molecule has 2 radical (unpaired) electrons. The van der Waals surface area contributed by atoms with E-state index < -0.39 is 0 Å². The summed E-state index contributed by atoms with van der Waals surface area (Å²) >= 11 is 0. The highest BCUT2D eigenvalue weighted by molar-refractivity contribution is 6.12. The zero-order chi connectivity index (χ0) is 38.6. The predicted molar refractivity (Wildman–Crippen MR) is 231 cm³/mol. The van der Waals surface area contributed by atoms with E-state index in [0.717, 1.165) is 36.8 Å². The van der Waals surface area contributed by atoms with Crippen LogP contribution in [0.3, 0.4) is 0 Å². The summed E-state index contributed by atoms with van der Waals surface area (Å²) in [4.78, 5) is 0. The first kappa shape index (κ1) is 46.4. The second kappa shape index (κ2) is 24.6. The number of hydrogen-bond acceptors (Lipinski definition) is 0. The zero-order valence-electron chi connectivity index (χ0n) is 34.6. The van der Waals surface area contributed by atoms with E-state index >= 15 is 0 Å². The van der Waals surface area contributed by atoms with E-state index in [1.807, 2.05) is 20.8 Å². The van der Waals surface area contributed by atoms with Crippen molar-refractivity contribution in [1.82, 2.24) is 0 Å². The number of hydrogen-bond donors (Lipinski definition) is 0. The molecule has 50 heavy (non-hydrogen) atoms. The first-order valence-corrected chi connectivity index (χ1v) is 19.0. The summed E-state index contributed by atoms with van der Waals surface area (Å²) in [6, 6.07) is 15.4. The van der Waals surface area contributed by atoms with Crippen molar-refractivity contribution >= 4 is 13.4 Å². The van der Waals surface area contributed by atoms with Gasteiger partial charge in [0.2, 0.25) is 0 Å². The largest absolute Gasteiger partial charge is 0.0995 e. The summed E-state index contributed by atoms with van der Waals surface area (Å²) in [6.07, 6.45) is 11.5. The molecule has 2 aliphatic carbocycles. The van der Waals surface area contributed by atoms with Gasteiger partial charge in [-0.05, 0) is 124 Å². The summed E-state index contributed by atoms with van der Waals surface area (Å²) in [5.41, 5.74) is 19.2. The third-order valence-electron chi connectivity index (χ3n) is 8.60. The maximum Gasteiger partial charge on any atom is 0.0717 e. The van der Waals surface area contributed by atoms with Gasteiger partial charge >= 0.3 is 0 Å². The Hall–Kier alpha value is -3.58. The summed E-state index contributed by atoms with van der Waals surface area (Å²) in [5, 5.41) is 0. The molecule has 0 N–H and O–H groups in total. The van der Waals surface area contributed by atoms with Crippen LogP contribution >= 0.6 is 0 Å². The first-order chi connectivity index (χ1) is 23.7. The fourth-order valence-corrected chi connectivity index (χ4v) is 6.29. The van der Waals surface area contributed by atoms with Crippen LogP contribution in [0.5, 0.6) is 0 Å². The highest BCUT2D eigenvalue weighted by Crippen LogP contribution is 2.47. The Balaban J connectivity index is 0.000000991. The van der Waals surface area contributed by atoms with E-state index in [1.165, 1.54) is 85.2 Å². The minimum Gasteiger partial charge on any atom is -0.0995 e. The quantitative estimate of drug-likeness (QED) is 0.184. The fourth-order valence-electron chi connectivity index (χ4n) is 6.29. The molecule has 0 nitrogen and oxygen atoms in total. The van der Waals surface area contributed by atoms with Gasteiger partial charge in [-0.15, -0.1) is 0 Å². The van der Waals surface area contributed by atoms with Crippen LogP contribution in [0.2, 0.25) is 6.32 Å². The Bertz CT molecular complexity index is 1520. The molecular formula is C49H71B. The molecule has 270 valence electrons. The summed E-state index contributed by atoms with van der Waals surface area (Å²) in [6.45, 7) is 44.1. The molecule has 0 saturated carbocycles. The van der Waals surface area contributed by atoms with Gasteiger partial charge in [-0.3, -0.25) is 0 Å². The number of rotatable bonds is 9. The van der Waals surface area contributed by atoms with Crippen LogP contribution in [-0.4, -0.2) is 7.85 Å². The van der Waals surface area contributed by atoms with E-state index in [1.54, 1.807) is 0 Å². The lowest BCUT2D eigenvalue weighted by atomic mass is 9.80. The molecule has 0 saturated heterocycles. The molecule has 1 atom stereocenters. The van der Waals surface area contributed by atoms with Gasteiger partial charge in [-0.2, -0.15) is 0 Å². The predicted octanol–water partition coefficient (Wildman–Crippen LogP) is 15.3. The Labute approximate surface area is 312 Å². The highest BCUT2D eigenvalue weighted by Gasteiger charge is 2.30. The Morgan fingerprint density at radius 1 is 0.760 bits per heavy atom. The topological polar surface area (TPSA) is 0 Å². The molecule has 0 aliphatic heterocycles. The van der Waals surface area contributed by atoms with Crippen molar-refractivity contribution in [3.63, 3.8) is 0 Å². The monoisotopic (exact) mass is 671 g/mol. The van der Waals surface area contributed by atoms with E-state index in [9.17, 15) is 0 Å². The van der Waals surface area contributed by atoms with Crippen LogP contribution in [-0.2, 0) is 6.42 Å². The van der Waals surface area contributed by atoms with Crippen molar-refractivity contribution in [2.75, 3.05) is 0 Å². The van der Waals surface area contributed by atoms with Crippen molar-refractivity contribution in [2.24, 2.45) is 5.92 Å². The van der Waals surface area contributed by atoms with Gasteiger partial charge in [-0.25, -0.2) is 0 Å². The van der Waals surface area contributed by atoms with Crippen LogP contribution in [0, 0.1) is 26.7 Å². The summed E-state index contributed by atoms with van der Waals surface area (Å²) in [7, 11) is 6.30. The molecule has 0 heterocycles. The Morgan fingerprint density at radius 2 is 1.28 bits per heavy atom. The molecule has 0 aromatic heterocycles. The summed E-state index contributed by atoms with van der Waals surface area (Å²) < 4.78 is 0. The third-order valence-corrected chi connectivity index (χ3v) is 8.60. The molecule has 1 unspecified atom stereocenters. The van der Waals surface area contributed by atoms with E-state index in [2.05, 4.69) is 150 Å².